The topological polar surface area (TPSA) is 55.1 Å². The van der Waals surface area contributed by atoms with Crippen molar-refractivity contribution in [3.05, 3.63) is 0 Å². The molecule has 0 heterocycles. The summed E-state index contributed by atoms with van der Waals surface area (Å²) in [6.07, 6.45) is 6.80. The first-order valence-corrected chi connectivity index (χ1v) is 6.03. The Bertz CT molecular complexity index is 208. The SMILES string of the molecule is CC(C)(CNCC1CCCCC1)C(N)=O. The fourth-order valence-electron chi connectivity index (χ4n) is 2.07. The van der Waals surface area contributed by atoms with Gasteiger partial charge in [0.25, 0.3) is 0 Å². The van der Waals surface area contributed by atoms with Gasteiger partial charge in [-0.15, -0.1) is 0 Å². The van der Waals surface area contributed by atoms with Crippen LogP contribution in [0.5, 0.6) is 0 Å². The smallest absolute Gasteiger partial charge is 0.224 e. The van der Waals surface area contributed by atoms with Gasteiger partial charge in [-0.05, 0) is 39.2 Å². The number of hydrogen-bond acceptors (Lipinski definition) is 2. The van der Waals surface area contributed by atoms with E-state index in [9.17, 15) is 4.79 Å². The molecule has 1 rings (SSSR count). The number of nitrogens with one attached hydrogen (secondary N) is 1. The molecule has 88 valence electrons. The van der Waals surface area contributed by atoms with Gasteiger partial charge in [0.1, 0.15) is 0 Å². The number of amides is 1. The van der Waals surface area contributed by atoms with Gasteiger partial charge >= 0.3 is 0 Å². The van der Waals surface area contributed by atoms with Crippen LogP contribution in [-0.4, -0.2) is 19.0 Å². The Morgan fingerprint density at radius 1 is 1.33 bits per heavy atom. The van der Waals surface area contributed by atoms with E-state index in [1.165, 1.54) is 32.1 Å². The Balaban J connectivity index is 2.17. The lowest BCUT2D eigenvalue weighted by atomic mass is 9.88. The van der Waals surface area contributed by atoms with Crippen LogP contribution in [0.3, 0.4) is 0 Å². The van der Waals surface area contributed by atoms with Crippen LogP contribution >= 0.6 is 0 Å². The summed E-state index contributed by atoms with van der Waals surface area (Å²) in [4.78, 5) is 11.1. The van der Waals surface area contributed by atoms with Crippen molar-refractivity contribution in [2.45, 2.75) is 46.0 Å². The molecule has 0 spiro atoms. The Hall–Kier alpha value is -0.570. The number of rotatable bonds is 5. The summed E-state index contributed by atoms with van der Waals surface area (Å²) >= 11 is 0. The monoisotopic (exact) mass is 212 g/mol. The number of carbonyl (C=O) groups excluding carboxylic acids is 1. The van der Waals surface area contributed by atoms with Crippen LogP contribution in [0.15, 0.2) is 0 Å². The lowest BCUT2D eigenvalue weighted by Crippen LogP contribution is -2.41. The lowest BCUT2D eigenvalue weighted by molar-refractivity contribution is -0.125. The summed E-state index contributed by atoms with van der Waals surface area (Å²) in [6.45, 7) is 5.52. The molecule has 0 aromatic rings. The molecule has 1 aliphatic carbocycles. The van der Waals surface area contributed by atoms with Gasteiger partial charge in [-0.25, -0.2) is 0 Å². The van der Waals surface area contributed by atoms with E-state index >= 15 is 0 Å². The van der Waals surface area contributed by atoms with Crippen LogP contribution in [0.4, 0.5) is 0 Å². The van der Waals surface area contributed by atoms with Crippen molar-refractivity contribution in [2.24, 2.45) is 17.1 Å². The van der Waals surface area contributed by atoms with E-state index in [0.29, 0.717) is 6.54 Å². The maximum atomic E-state index is 11.1. The molecule has 0 aliphatic heterocycles. The molecule has 0 aromatic heterocycles. The molecule has 0 bridgehead atoms. The minimum Gasteiger partial charge on any atom is -0.369 e. The fraction of sp³-hybridized carbons (Fsp3) is 0.917. The van der Waals surface area contributed by atoms with Crippen LogP contribution in [0.25, 0.3) is 0 Å². The average molecular weight is 212 g/mol. The van der Waals surface area contributed by atoms with Gasteiger partial charge in [-0.2, -0.15) is 0 Å². The third-order valence-corrected chi connectivity index (χ3v) is 3.39. The first-order chi connectivity index (χ1) is 7.02. The molecule has 15 heavy (non-hydrogen) atoms. The maximum Gasteiger partial charge on any atom is 0.224 e. The zero-order valence-corrected chi connectivity index (χ0v) is 10.0. The summed E-state index contributed by atoms with van der Waals surface area (Å²) in [7, 11) is 0. The highest BCUT2D eigenvalue weighted by Gasteiger charge is 2.24. The predicted octanol–water partition coefficient (Wildman–Crippen LogP) is 1.67. The van der Waals surface area contributed by atoms with Gasteiger partial charge in [-0.3, -0.25) is 4.79 Å². The molecule has 1 aliphatic rings. The van der Waals surface area contributed by atoms with Crippen LogP contribution in [0, 0.1) is 11.3 Å². The fourth-order valence-corrected chi connectivity index (χ4v) is 2.07. The Morgan fingerprint density at radius 2 is 1.93 bits per heavy atom. The van der Waals surface area contributed by atoms with E-state index in [1.807, 2.05) is 13.8 Å². The van der Waals surface area contributed by atoms with Crippen molar-refractivity contribution < 1.29 is 4.79 Å². The van der Waals surface area contributed by atoms with E-state index in [2.05, 4.69) is 5.32 Å². The van der Waals surface area contributed by atoms with Gasteiger partial charge in [0.15, 0.2) is 0 Å². The third kappa shape index (κ3) is 4.20. The molecule has 0 radical (unpaired) electrons. The average Bonchev–Trinajstić information content (AvgIpc) is 2.19. The highest BCUT2D eigenvalue weighted by molar-refractivity contribution is 5.80. The summed E-state index contributed by atoms with van der Waals surface area (Å²) in [5.41, 5.74) is 4.89. The van der Waals surface area contributed by atoms with E-state index in [0.717, 1.165) is 12.5 Å². The van der Waals surface area contributed by atoms with E-state index in [4.69, 9.17) is 5.73 Å². The molecule has 3 N–H and O–H groups in total. The van der Waals surface area contributed by atoms with Crippen molar-refractivity contribution in [1.29, 1.82) is 0 Å². The molecule has 1 amide bonds. The first kappa shape index (κ1) is 12.5. The second kappa shape index (κ2) is 5.50. The van der Waals surface area contributed by atoms with Crippen molar-refractivity contribution >= 4 is 5.91 Å². The zero-order valence-electron chi connectivity index (χ0n) is 10.0. The van der Waals surface area contributed by atoms with Crippen LogP contribution in [0.2, 0.25) is 0 Å². The molecule has 1 saturated carbocycles. The number of carbonyl (C=O) groups is 1. The normalized spacial score (nSPS) is 19.1. The zero-order chi connectivity index (χ0) is 11.3. The number of hydrogen-bond donors (Lipinski definition) is 2. The summed E-state index contributed by atoms with van der Waals surface area (Å²) in [5.74, 6) is 0.584. The van der Waals surface area contributed by atoms with Gasteiger partial charge in [0, 0.05) is 6.54 Å². The van der Waals surface area contributed by atoms with Crippen LogP contribution < -0.4 is 11.1 Å². The predicted molar refractivity (Wildman–Crippen MR) is 62.4 cm³/mol. The van der Waals surface area contributed by atoms with Crippen LogP contribution in [-0.2, 0) is 4.79 Å². The van der Waals surface area contributed by atoms with E-state index in [-0.39, 0.29) is 5.91 Å². The lowest BCUT2D eigenvalue weighted by Gasteiger charge is -2.25. The van der Waals surface area contributed by atoms with Crippen molar-refractivity contribution in [3.8, 4) is 0 Å². The molecular weight excluding hydrogens is 188 g/mol. The second-order valence-corrected chi connectivity index (χ2v) is 5.38. The second-order valence-electron chi connectivity index (χ2n) is 5.38. The summed E-state index contributed by atoms with van der Waals surface area (Å²) in [6, 6.07) is 0. The van der Waals surface area contributed by atoms with Crippen LogP contribution in [0.1, 0.15) is 46.0 Å². The Labute approximate surface area is 92.8 Å². The van der Waals surface area contributed by atoms with Crippen molar-refractivity contribution in [1.82, 2.24) is 5.32 Å². The molecule has 1 fully saturated rings. The molecule has 0 atom stereocenters. The molecule has 3 heteroatoms. The quantitative estimate of drug-likeness (QED) is 0.728. The molecule has 0 saturated heterocycles. The first-order valence-electron chi connectivity index (χ1n) is 6.03. The highest BCUT2D eigenvalue weighted by Crippen LogP contribution is 2.23. The minimum absolute atomic E-state index is 0.223. The molecule has 3 nitrogen and oxygen atoms in total. The van der Waals surface area contributed by atoms with Crippen molar-refractivity contribution in [3.63, 3.8) is 0 Å². The maximum absolute atomic E-state index is 11.1. The molecular formula is C12H24N2O. The van der Waals surface area contributed by atoms with Gasteiger partial charge < -0.3 is 11.1 Å². The number of nitrogens with two attached hydrogens (primary N) is 1. The van der Waals surface area contributed by atoms with E-state index in [1.54, 1.807) is 0 Å². The molecule has 0 aromatic carbocycles. The van der Waals surface area contributed by atoms with Gasteiger partial charge in [0.05, 0.1) is 5.41 Å². The van der Waals surface area contributed by atoms with E-state index < -0.39 is 5.41 Å². The summed E-state index contributed by atoms with van der Waals surface area (Å²) in [5, 5.41) is 3.38. The molecule has 0 unspecified atom stereocenters. The van der Waals surface area contributed by atoms with Gasteiger partial charge in [0.2, 0.25) is 5.91 Å². The summed E-state index contributed by atoms with van der Waals surface area (Å²) < 4.78 is 0. The Kier molecular flexibility index (Phi) is 4.58. The van der Waals surface area contributed by atoms with Gasteiger partial charge in [-0.1, -0.05) is 19.3 Å². The standard InChI is InChI=1S/C12H24N2O/c1-12(2,11(13)15)9-14-8-10-6-4-3-5-7-10/h10,14H,3-9H2,1-2H3,(H2,13,15). The Morgan fingerprint density at radius 3 is 2.47 bits per heavy atom. The van der Waals surface area contributed by atoms with Crippen molar-refractivity contribution in [2.75, 3.05) is 13.1 Å². The highest BCUT2D eigenvalue weighted by atomic mass is 16.1. The number of primary amides is 1. The largest absolute Gasteiger partial charge is 0.369 e. The minimum atomic E-state index is -0.422. The third-order valence-electron chi connectivity index (χ3n) is 3.39.